The van der Waals surface area contributed by atoms with Crippen LogP contribution in [0.15, 0.2) is 0 Å². The second-order valence-corrected chi connectivity index (χ2v) is 4.08. The van der Waals surface area contributed by atoms with E-state index in [4.69, 9.17) is 5.32 Å². The van der Waals surface area contributed by atoms with Gasteiger partial charge in [0.2, 0.25) is 0 Å². The van der Waals surface area contributed by atoms with Crippen molar-refractivity contribution >= 4 is 0 Å². The Bertz CT molecular complexity index is 113. The first-order valence-corrected chi connectivity index (χ1v) is 5.53. The van der Waals surface area contributed by atoms with Gasteiger partial charge >= 0.3 is 51.4 Å². The number of hydrogen-bond acceptors (Lipinski definition) is 0. The Balaban J connectivity index is 0.00000144. The van der Waals surface area contributed by atoms with E-state index in [1.165, 1.54) is 44.9 Å². The maximum absolute atomic E-state index is 4.75. The molecule has 0 amide bonds. The standard InChI is InChI=1S/C11H22N.K/c1-3-4-5-7-10(2)12-11-8-6-9-11;/h10-11H,3-9H2,1-2H3;/q-1;+1. The molecule has 0 radical (unpaired) electrons. The molecule has 1 nitrogen and oxygen atoms in total. The van der Waals surface area contributed by atoms with Gasteiger partial charge in [-0.05, 0) is 0 Å². The van der Waals surface area contributed by atoms with Crippen molar-refractivity contribution in [2.75, 3.05) is 0 Å². The maximum atomic E-state index is 4.75. The molecule has 0 saturated heterocycles. The fourth-order valence-electron chi connectivity index (χ4n) is 1.66. The van der Waals surface area contributed by atoms with Crippen molar-refractivity contribution in [3.63, 3.8) is 0 Å². The first kappa shape index (κ1) is 14.6. The first-order chi connectivity index (χ1) is 5.83. The average Bonchev–Trinajstić information content (AvgIpc) is 1.98. The van der Waals surface area contributed by atoms with Crippen LogP contribution in [0.25, 0.3) is 5.32 Å². The van der Waals surface area contributed by atoms with Crippen LogP contribution in [0.2, 0.25) is 0 Å². The zero-order valence-corrected chi connectivity index (χ0v) is 12.7. The molecule has 0 aromatic rings. The summed E-state index contributed by atoms with van der Waals surface area (Å²) >= 11 is 0. The molecule has 0 heterocycles. The van der Waals surface area contributed by atoms with Crippen LogP contribution in [-0.2, 0) is 0 Å². The minimum Gasteiger partial charge on any atom is -0.657 e. The van der Waals surface area contributed by atoms with E-state index in [0.29, 0.717) is 6.04 Å². The van der Waals surface area contributed by atoms with Gasteiger partial charge in [-0.15, -0.1) is 12.1 Å². The van der Waals surface area contributed by atoms with Gasteiger partial charge in [0.15, 0.2) is 0 Å². The summed E-state index contributed by atoms with van der Waals surface area (Å²) in [6.07, 6.45) is 9.52. The monoisotopic (exact) mass is 207 g/mol. The normalized spacial score (nSPS) is 18.9. The van der Waals surface area contributed by atoms with Gasteiger partial charge in [0.05, 0.1) is 0 Å². The van der Waals surface area contributed by atoms with E-state index < -0.39 is 0 Å². The van der Waals surface area contributed by atoms with Crippen molar-refractivity contribution in [1.82, 2.24) is 0 Å². The second-order valence-electron chi connectivity index (χ2n) is 4.08. The van der Waals surface area contributed by atoms with E-state index in [9.17, 15) is 0 Å². The molecule has 1 aliphatic carbocycles. The number of hydrogen-bond donors (Lipinski definition) is 0. The van der Waals surface area contributed by atoms with Gasteiger partial charge in [-0.25, -0.2) is 0 Å². The fraction of sp³-hybridized carbons (Fsp3) is 1.00. The Morgan fingerprint density at radius 1 is 1.31 bits per heavy atom. The van der Waals surface area contributed by atoms with Crippen molar-refractivity contribution in [2.45, 2.75) is 70.9 Å². The smallest absolute Gasteiger partial charge is 0.657 e. The summed E-state index contributed by atoms with van der Waals surface area (Å²) in [7, 11) is 0. The van der Waals surface area contributed by atoms with Gasteiger partial charge in [0, 0.05) is 0 Å². The molecule has 1 rings (SSSR count). The van der Waals surface area contributed by atoms with Crippen LogP contribution in [0, 0.1) is 0 Å². The quantitative estimate of drug-likeness (QED) is 0.454. The van der Waals surface area contributed by atoms with Crippen molar-refractivity contribution in [1.29, 1.82) is 0 Å². The molecular weight excluding hydrogens is 185 g/mol. The Morgan fingerprint density at radius 3 is 2.46 bits per heavy atom. The van der Waals surface area contributed by atoms with Crippen LogP contribution in [0.3, 0.4) is 0 Å². The summed E-state index contributed by atoms with van der Waals surface area (Å²) < 4.78 is 0. The van der Waals surface area contributed by atoms with Crippen molar-refractivity contribution in [2.24, 2.45) is 0 Å². The van der Waals surface area contributed by atoms with Gasteiger partial charge in [-0.1, -0.05) is 58.8 Å². The van der Waals surface area contributed by atoms with E-state index in [2.05, 4.69) is 13.8 Å². The molecule has 1 fully saturated rings. The van der Waals surface area contributed by atoms with Crippen molar-refractivity contribution < 1.29 is 51.4 Å². The minimum atomic E-state index is 0. The summed E-state index contributed by atoms with van der Waals surface area (Å²) in [6.45, 7) is 4.53. The molecule has 0 N–H and O–H groups in total. The van der Waals surface area contributed by atoms with Gasteiger partial charge < -0.3 is 5.32 Å². The number of unbranched alkanes of at least 4 members (excludes halogenated alkanes) is 2. The Hall–Kier alpha value is 1.60. The summed E-state index contributed by atoms with van der Waals surface area (Å²) in [4.78, 5) is 0. The largest absolute Gasteiger partial charge is 1.00 e. The molecule has 0 spiro atoms. The van der Waals surface area contributed by atoms with Gasteiger partial charge in [0.25, 0.3) is 0 Å². The van der Waals surface area contributed by atoms with E-state index in [-0.39, 0.29) is 51.4 Å². The molecule has 13 heavy (non-hydrogen) atoms. The van der Waals surface area contributed by atoms with E-state index in [1.54, 1.807) is 0 Å². The van der Waals surface area contributed by atoms with Crippen molar-refractivity contribution in [3.8, 4) is 0 Å². The summed E-state index contributed by atoms with van der Waals surface area (Å²) in [5.74, 6) is 0. The van der Waals surface area contributed by atoms with Gasteiger partial charge in [-0.3, -0.25) is 0 Å². The second kappa shape index (κ2) is 8.87. The van der Waals surface area contributed by atoms with Crippen LogP contribution < -0.4 is 51.4 Å². The van der Waals surface area contributed by atoms with Gasteiger partial charge in [0.1, 0.15) is 0 Å². The molecule has 72 valence electrons. The van der Waals surface area contributed by atoms with Crippen LogP contribution >= 0.6 is 0 Å². The minimum absolute atomic E-state index is 0. The fourth-order valence-corrected chi connectivity index (χ4v) is 1.66. The first-order valence-electron chi connectivity index (χ1n) is 5.53. The number of nitrogens with zero attached hydrogens (tertiary/aromatic N) is 1. The summed E-state index contributed by atoms with van der Waals surface area (Å²) in [5, 5.41) is 4.75. The molecule has 0 aromatic heterocycles. The van der Waals surface area contributed by atoms with E-state index >= 15 is 0 Å². The predicted octanol–water partition coefficient (Wildman–Crippen LogP) is 0.885. The third-order valence-electron chi connectivity index (χ3n) is 2.77. The molecule has 0 bridgehead atoms. The molecule has 2 heteroatoms. The predicted molar refractivity (Wildman–Crippen MR) is 54.6 cm³/mol. The third kappa shape index (κ3) is 6.64. The Morgan fingerprint density at radius 2 is 2.00 bits per heavy atom. The van der Waals surface area contributed by atoms with Crippen LogP contribution in [-0.4, -0.2) is 12.1 Å². The maximum Gasteiger partial charge on any atom is 1.00 e. The Kier molecular flexibility index (Phi) is 9.96. The van der Waals surface area contributed by atoms with Crippen LogP contribution in [0.1, 0.15) is 58.8 Å². The van der Waals surface area contributed by atoms with E-state index in [0.717, 1.165) is 6.04 Å². The zero-order valence-electron chi connectivity index (χ0n) is 9.55. The van der Waals surface area contributed by atoms with Crippen molar-refractivity contribution in [3.05, 3.63) is 5.32 Å². The topological polar surface area (TPSA) is 14.1 Å². The molecule has 1 unspecified atom stereocenters. The molecule has 0 aliphatic heterocycles. The zero-order chi connectivity index (χ0) is 8.81. The summed E-state index contributed by atoms with van der Waals surface area (Å²) in [5.41, 5.74) is 0. The van der Waals surface area contributed by atoms with E-state index in [1.807, 2.05) is 0 Å². The number of rotatable bonds is 6. The van der Waals surface area contributed by atoms with Gasteiger partial charge in [-0.2, -0.15) is 0 Å². The SMILES string of the molecule is CCCCCC(C)[N-]C1CCC1.[K+]. The molecular formula is C11H22KN. The Labute approximate surface area is 126 Å². The molecule has 0 aromatic carbocycles. The third-order valence-corrected chi connectivity index (χ3v) is 2.77. The summed E-state index contributed by atoms with van der Waals surface area (Å²) in [6, 6.07) is 1.36. The average molecular weight is 207 g/mol. The molecule has 1 aliphatic rings. The molecule has 1 saturated carbocycles. The van der Waals surface area contributed by atoms with Crippen LogP contribution in [0.4, 0.5) is 0 Å². The molecule has 1 atom stereocenters. The van der Waals surface area contributed by atoms with Crippen LogP contribution in [0.5, 0.6) is 0 Å².